The van der Waals surface area contributed by atoms with Crippen molar-refractivity contribution in [3.8, 4) is 0 Å². The van der Waals surface area contributed by atoms with Crippen molar-refractivity contribution in [1.29, 1.82) is 0 Å². The molecule has 1 aliphatic heterocycles. The third-order valence-corrected chi connectivity index (χ3v) is 3.92. The fourth-order valence-electron chi connectivity index (χ4n) is 2.78. The molecule has 1 heterocycles. The Morgan fingerprint density at radius 3 is 3.00 bits per heavy atom. The van der Waals surface area contributed by atoms with Gasteiger partial charge in [-0.05, 0) is 37.1 Å². The summed E-state index contributed by atoms with van der Waals surface area (Å²) in [4.78, 5) is 13.9. The molecule has 1 aromatic carbocycles. The second-order valence-corrected chi connectivity index (χ2v) is 5.33. The Hall–Kier alpha value is -1.43. The Morgan fingerprint density at radius 2 is 2.25 bits per heavy atom. The first-order valence-corrected chi connectivity index (χ1v) is 7.19. The molecule has 5 nitrogen and oxygen atoms in total. The Balaban J connectivity index is 2.09. The summed E-state index contributed by atoms with van der Waals surface area (Å²) in [6.07, 6.45) is 4.61. The summed E-state index contributed by atoms with van der Waals surface area (Å²) in [6, 6.07) is 7.71. The van der Waals surface area contributed by atoms with Gasteiger partial charge in [-0.3, -0.25) is 15.1 Å². The zero-order valence-corrected chi connectivity index (χ0v) is 11.7. The summed E-state index contributed by atoms with van der Waals surface area (Å²) in [6.45, 7) is 1.96. The van der Waals surface area contributed by atoms with Gasteiger partial charge < -0.3 is 5.11 Å². The van der Waals surface area contributed by atoms with E-state index in [1.54, 1.807) is 6.07 Å². The van der Waals surface area contributed by atoms with Crippen molar-refractivity contribution in [2.24, 2.45) is 5.84 Å². The molecule has 0 saturated carbocycles. The van der Waals surface area contributed by atoms with E-state index in [0.29, 0.717) is 5.56 Å². The van der Waals surface area contributed by atoms with Gasteiger partial charge in [0.15, 0.2) is 0 Å². The average Bonchev–Trinajstić information content (AvgIpc) is 2.71. The molecule has 1 aromatic rings. The molecule has 1 aliphatic rings. The lowest BCUT2D eigenvalue weighted by atomic mass is 10.1. The molecule has 0 radical (unpaired) electrons. The zero-order valence-electron chi connectivity index (χ0n) is 11.7. The minimum absolute atomic E-state index is 0.197. The van der Waals surface area contributed by atoms with Crippen molar-refractivity contribution < 1.29 is 9.90 Å². The highest BCUT2D eigenvalue weighted by Gasteiger charge is 2.20. The first-order valence-electron chi connectivity index (χ1n) is 7.19. The number of aliphatic hydroxyl groups excluding tert-OH is 1. The molecular weight excluding hydrogens is 254 g/mol. The number of nitrogens with one attached hydrogen (secondary N) is 1. The van der Waals surface area contributed by atoms with E-state index in [1.807, 2.05) is 18.2 Å². The number of benzene rings is 1. The summed E-state index contributed by atoms with van der Waals surface area (Å²) in [5.74, 6) is 4.88. The Kier molecular flexibility index (Phi) is 5.52. The molecular formula is C15H23N3O2. The van der Waals surface area contributed by atoms with Crippen LogP contribution in [0.4, 0.5) is 0 Å². The van der Waals surface area contributed by atoms with E-state index in [1.165, 1.54) is 19.3 Å². The van der Waals surface area contributed by atoms with Gasteiger partial charge in [0, 0.05) is 18.2 Å². The van der Waals surface area contributed by atoms with Crippen LogP contribution >= 0.6 is 0 Å². The van der Waals surface area contributed by atoms with Crippen molar-refractivity contribution in [3.05, 3.63) is 35.4 Å². The van der Waals surface area contributed by atoms with E-state index in [0.717, 1.165) is 25.1 Å². The largest absolute Gasteiger partial charge is 0.395 e. The van der Waals surface area contributed by atoms with Crippen molar-refractivity contribution in [3.63, 3.8) is 0 Å². The number of hydrogen-bond acceptors (Lipinski definition) is 4. The second kappa shape index (κ2) is 7.38. The monoisotopic (exact) mass is 277 g/mol. The van der Waals surface area contributed by atoms with Crippen molar-refractivity contribution >= 4 is 5.91 Å². The maximum Gasteiger partial charge on any atom is 0.265 e. The summed E-state index contributed by atoms with van der Waals surface area (Å²) in [5, 5.41) is 9.52. The molecule has 20 heavy (non-hydrogen) atoms. The number of carbonyl (C=O) groups is 1. The van der Waals surface area contributed by atoms with Crippen molar-refractivity contribution in [2.75, 3.05) is 13.2 Å². The van der Waals surface area contributed by atoms with Crippen LogP contribution in [0.5, 0.6) is 0 Å². The van der Waals surface area contributed by atoms with Gasteiger partial charge in [0.25, 0.3) is 5.91 Å². The highest BCUT2D eigenvalue weighted by atomic mass is 16.3. The van der Waals surface area contributed by atoms with Crippen LogP contribution in [0.15, 0.2) is 24.3 Å². The van der Waals surface area contributed by atoms with Crippen LogP contribution in [-0.4, -0.2) is 35.1 Å². The first-order chi connectivity index (χ1) is 9.74. The number of nitrogens with zero attached hydrogens (tertiary/aromatic N) is 1. The summed E-state index contributed by atoms with van der Waals surface area (Å²) < 4.78 is 0. The van der Waals surface area contributed by atoms with Crippen LogP contribution in [0.25, 0.3) is 0 Å². The van der Waals surface area contributed by atoms with Crippen molar-refractivity contribution in [2.45, 2.75) is 38.3 Å². The molecule has 1 atom stereocenters. The number of aliphatic hydroxyl groups is 1. The standard InChI is InChI=1S/C15H23N3O2/c16-17-15(20)13-6-4-5-12(9-13)10-18-8-3-1-2-7-14(18)11-19/h4-6,9,14,19H,1-3,7-8,10-11,16H2,(H,17,20). The average molecular weight is 277 g/mol. The molecule has 4 N–H and O–H groups in total. The number of likely N-dealkylation sites (tertiary alicyclic amines) is 1. The maximum atomic E-state index is 11.5. The lowest BCUT2D eigenvalue weighted by molar-refractivity contribution is 0.0953. The third-order valence-electron chi connectivity index (χ3n) is 3.92. The smallest absolute Gasteiger partial charge is 0.265 e. The Labute approximate surface area is 119 Å². The van der Waals surface area contributed by atoms with E-state index in [4.69, 9.17) is 5.84 Å². The van der Waals surface area contributed by atoms with Gasteiger partial charge in [-0.1, -0.05) is 25.0 Å². The van der Waals surface area contributed by atoms with E-state index in [9.17, 15) is 9.90 Å². The number of amides is 1. The molecule has 1 unspecified atom stereocenters. The molecule has 1 amide bonds. The molecule has 1 fully saturated rings. The summed E-state index contributed by atoms with van der Waals surface area (Å²) in [5.41, 5.74) is 3.79. The fourth-order valence-corrected chi connectivity index (χ4v) is 2.78. The van der Waals surface area contributed by atoms with Gasteiger partial charge in [0.05, 0.1) is 6.61 Å². The van der Waals surface area contributed by atoms with Crippen LogP contribution in [0.3, 0.4) is 0 Å². The predicted molar refractivity (Wildman–Crippen MR) is 77.8 cm³/mol. The van der Waals surface area contributed by atoms with Crippen LogP contribution in [0, 0.1) is 0 Å². The molecule has 110 valence electrons. The number of hydrogen-bond donors (Lipinski definition) is 3. The zero-order chi connectivity index (χ0) is 14.4. The van der Waals surface area contributed by atoms with E-state index in [2.05, 4.69) is 10.3 Å². The maximum absolute atomic E-state index is 11.5. The molecule has 0 spiro atoms. The van der Waals surface area contributed by atoms with Gasteiger partial charge >= 0.3 is 0 Å². The van der Waals surface area contributed by atoms with E-state index in [-0.39, 0.29) is 18.6 Å². The second-order valence-electron chi connectivity index (χ2n) is 5.33. The van der Waals surface area contributed by atoms with Crippen LogP contribution in [0.1, 0.15) is 41.6 Å². The van der Waals surface area contributed by atoms with Gasteiger partial charge in [-0.2, -0.15) is 0 Å². The molecule has 0 aromatic heterocycles. The quantitative estimate of drug-likeness (QED) is 0.436. The SMILES string of the molecule is NNC(=O)c1cccc(CN2CCCCCC2CO)c1. The lowest BCUT2D eigenvalue weighted by Gasteiger charge is -2.28. The third kappa shape index (κ3) is 3.79. The summed E-state index contributed by atoms with van der Waals surface area (Å²) >= 11 is 0. The lowest BCUT2D eigenvalue weighted by Crippen LogP contribution is -2.37. The van der Waals surface area contributed by atoms with Crippen LogP contribution < -0.4 is 11.3 Å². The highest BCUT2D eigenvalue weighted by Crippen LogP contribution is 2.19. The van der Waals surface area contributed by atoms with Crippen LogP contribution in [0.2, 0.25) is 0 Å². The molecule has 1 saturated heterocycles. The van der Waals surface area contributed by atoms with Gasteiger partial charge in [0.1, 0.15) is 0 Å². The van der Waals surface area contributed by atoms with E-state index < -0.39 is 0 Å². The predicted octanol–water partition coefficient (Wildman–Crippen LogP) is 1.03. The van der Waals surface area contributed by atoms with Crippen molar-refractivity contribution in [1.82, 2.24) is 10.3 Å². The normalized spacial score (nSPS) is 20.4. The highest BCUT2D eigenvalue weighted by molar-refractivity contribution is 5.93. The van der Waals surface area contributed by atoms with Crippen LogP contribution in [-0.2, 0) is 6.54 Å². The number of carbonyl (C=O) groups excluding carboxylic acids is 1. The topological polar surface area (TPSA) is 78.6 Å². The van der Waals surface area contributed by atoms with Gasteiger partial charge in [-0.15, -0.1) is 0 Å². The summed E-state index contributed by atoms with van der Waals surface area (Å²) in [7, 11) is 0. The fraction of sp³-hybridized carbons (Fsp3) is 0.533. The molecule has 0 aliphatic carbocycles. The van der Waals surface area contributed by atoms with Gasteiger partial charge in [-0.25, -0.2) is 5.84 Å². The minimum Gasteiger partial charge on any atom is -0.395 e. The number of hydrazine groups is 1. The van der Waals surface area contributed by atoms with E-state index >= 15 is 0 Å². The minimum atomic E-state index is -0.276. The molecule has 2 rings (SSSR count). The Morgan fingerprint density at radius 1 is 1.40 bits per heavy atom. The molecule has 5 heteroatoms. The number of nitrogen functional groups attached to an aromatic ring is 1. The number of rotatable bonds is 4. The molecule has 0 bridgehead atoms. The number of nitrogens with two attached hydrogens (primary N) is 1. The Bertz CT molecular complexity index is 450. The first kappa shape index (κ1) is 15.0. The van der Waals surface area contributed by atoms with Gasteiger partial charge in [0.2, 0.25) is 0 Å².